The van der Waals surface area contributed by atoms with Crippen LogP contribution in [0.4, 0.5) is 30.7 Å². The Morgan fingerprint density at radius 1 is 1.06 bits per heavy atom. The summed E-state index contributed by atoms with van der Waals surface area (Å²) in [5, 5.41) is 0. The third-order valence-corrected chi connectivity index (χ3v) is 2.23. The van der Waals surface area contributed by atoms with Gasteiger partial charge in [-0.05, 0) is 6.42 Å². The Morgan fingerprint density at radius 2 is 1.61 bits per heavy atom. The Hall–Kier alpha value is -1.28. The number of halogens is 7. The number of aromatic nitrogens is 2. The second-order valence-corrected chi connectivity index (χ2v) is 3.67. The van der Waals surface area contributed by atoms with Gasteiger partial charge >= 0.3 is 18.1 Å². The van der Waals surface area contributed by atoms with Crippen LogP contribution in [0.15, 0.2) is 18.7 Å². The van der Waals surface area contributed by atoms with Gasteiger partial charge in [0.15, 0.2) is 0 Å². The Balaban J connectivity index is 3.12. The Bertz CT molecular complexity index is 407. The number of hydrogen-bond donors (Lipinski definition) is 0. The van der Waals surface area contributed by atoms with E-state index in [2.05, 4.69) is 0 Å². The molecule has 9 heteroatoms. The SMILES string of the molecule is CCC[n+]1ccn(C(F)(F)C(F)(F)C(F)(F)F)c1. The molecule has 0 radical (unpaired) electrons. The molecule has 2 nitrogen and oxygen atoms in total. The van der Waals surface area contributed by atoms with Gasteiger partial charge in [0.1, 0.15) is 12.4 Å². The van der Waals surface area contributed by atoms with Crippen LogP contribution in [0.3, 0.4) is 0 Å². The molecular weight excluding hydrogens is 269 g/mol. The lowest BCUT2D eigenvalue weighted by Crippen LogP contribution is -2.53. The minimum Gasteiger partial charge on any atom is -0.237 e. The summed E-state index contributed by atoms with van der Waals surface area (Å²) in [6.45, 7) is 1.94. The van der Waals surface area contributed by atoms with E-state index in [9.17, 15) is 30.7 Å². The number of alkyl halides is 7. The first kappa shape index (κ1) is 14.8. The molecular formula is C9H10F7N2+. The first-order chi connectivity index (χ1) is 8.04. The van der Waals surface area contributed by atoms with Crippen LogP contribution in [0.2, 0.25) is 0 Å². The van der Waals surface area contributed by atoms with Crippen LogP contribution in [0.1, 0.15) is 13.3 Å². The highest BCUT2D eigenvalue weighted by Crippen LogP contribution is 2.48. The van der Waals surface area contributed by atoms with Gasteiger partial charge in [0, 0.05) is 0 Å². The van der Waals surface area contributed by atoms with Crippen LogP contribution in [-0.4, -0.2) is 16.7 Å². The summed E-state index contributed by atoms with van der Waals surface area (Å²) in [5.74, 6) is -6.14. The van der Waals surface area contributed by atoms with Crippen LogP contribution in [0.5, 0.6) is 0 Å². The van der Waals surface area contributed by atoms with Crippen LogP contribution >= 0.6 is 0 Å². The Kier molecular flexibility index (Phi) is 3.64. The van der Waals surface area contributed by atoms with Crippen LogP contribution in [-0.2, 0) is 12.6 Å². The topological polar surface area (TPSA) is 8.81 Å². The highest BCUT2D eigenvalue weighted by atomic mass is 19.4. The third kappa shape index (κ3) is 2.30. The van der Waals surface area contributed by atoms with E-state index in [0.717, 1.165) is 10.8 Å². The molecule has 0 bridgehead atoms. The highest BCUT2D eigenvalue weighted by molar-refractivity contribution is 4.90. The molecule has 0 aromatic carbocycles. The smallest absolute Gasteiger partial charge is 0.237 e. The van der Waals surface area contributed by atoms with Crippen molar-refractivity contribution in [3.05, 3.63) is 18.7 Å². The summed E-state index contributed by atoms with van der Waals surface area (Å²) < 4.78 is 88.1. The van der Waals surface area contributed by atoms with Gasteiger partial charge in [-0.25, -0.2) is 4.57 Å². The predicted octanol–water partition coefficient (Wildman–Crippen LogP) is 2.93. The molecule has 0 saturated carbocycles. The van der Waals surface area contributed by atoms with Crippen LogP contribution < -0.4 is 4.57 Å². The first-order valence-electron chi connectivity index (χ1n) is 4.94. The molecule has 1 aromatic heterocycles. The zero-order chi connectivity index (χ0) is 14.2. The van der Waals surface area contributed by atoms with E-state index in [1.807, 2.05) is 0 Å². The maximum Gasteiger partial charge on any atom is 0.472 e. The van der Waals surface area contributed by atoms with Crippen LogP contribution in [0, 0.1) is 0 Å². The van der Waals surface area contributed by atoms with E-state index >= 15 is 0 Å². The molecule has 1 aromatic rings. The van der Waals surface area contributed by atoms with Crippen molar-refractivity contribution in [2.24, 2.45) is 0 Å². The van der Waals surface area contributed by atoms with Gasteiger partial charge in [-0.1, -0.05) is 6.92 Å². The van der Waals surface area contributed by atoms with Crippen molar-refractivity contribution >= 4 is 0 Å². The van der Waals surface area contributed by atoms with Crippen molar-refractivity contribution < 1.29 is 35.3 Å². The van der Waals surface area contributed by atoms with E-state index in [0.29, 0.717) is 18.9 Å². The molecule has 1 rings (SSSR count). The molecule has 0 aliphatic rings. The van der Waals surface area contributed by atoms with Gasteiger partial charge in [-0.15, -0.1) is 0 Å². The van der Waals surface area contributed by atoms with Crippen molar-refractivity contribution in [1.29, 1.82) is 0 Å². The lowest BCUT2D eigenvalue weighted by molar-refractivity contribution is -0.697. The molecule has 1 heterocycles. The summed E-state index contributed by atoms with van der Waals surface area (Å²) in [5.41, 5.74) is 0. The summed E-state index contributed by atoms with van der Waals surface area (Å²) in [6.07, 6.45) is -3.80. The Morgan fingerprint density at radius 3 is 2.06 bits per heavy atom. The lowest BCUT2D eigenvalue weighted by Gasteiger charge is -2.24. The molecule has 0 N–H and O–H groups in total. The second kappa shape index (κ2) is 4.43. The normalized spacial score (nSPS) is 14.0. The van der Waals surface area contributed by atoms with E-state index in [-0.39, 0.29) is 6.54 Å². The quantitative estimate of drug-likeness (QED) is 0.592. The summed E-state index contributed by atoms with van der Waals surface area (Å²) >= 11 is 0. The molecule has 0 saturated heterocycles. The van der Waals surface area contributed by atoms with Crippen molar-refractivity contribution in [2.75, 3.05) is 0 Å². The number of nitrogens with zero attached hydrogens (tertiary/aromatic N) is 2. The van der Waals surface area contributed by atoms with Gasteiger partial charge < -0.3 is 0 Å². The standard InChI is InChI=1S/C9H10F7N2/c1-2-3-17-4-5-18(6-17)9(15,16)7(10,11)8(12,13)14/h4-6H,2-3H2,1H3/q+1. The maximum atomic E-state index is 13.2. The molecule has 0 atom stereocenters. The number of aryl methyl sites for hydroxylation is 1. The third-order valence-electron chi connectivity index (χ3n) is 2.23. The molecule has 0 aliphatic carbocycles. The van der Waals surface area contributed by atoms with Gasteiger partial charge in [0.25, 0.3) is 0 Å². The number of hydrogen-bond acceptors (Lipinski definition) is 0. The molecule has 104 valence electrons. The van der Waals surface area contributed by atoms with E-state index < -0.39 is 22.7 Å². The summed E-state index contributed by atoms with van der Waals surface area (Å²) in [6, 6.07) is -5.37. The molecule has 0 aliphatic heterocycles. The molecule has 0 fully saturated rings. The van der Waals surface area contributed by atoms with Crippen molar-refractivity contribution in [3.63, 3.8) is 0 Å². The predicted molar refractivity (Wildman–Crippen MR) is 46.1 cm³/mol. The van der Waals surface area contributed by atoms with Gasteiger partial charge in [0.05, 0.1) is 6.54 Å². The first-order valence-corrected chi connectivity index (χ1v) is 4.94. The fourth-order valence-electron chi connectivity index (χ4n) is 1.28. The lowest BCUT2D eigenvalue weighted by atomic mass is 10.2. The van der Waals surface area contributed by atoms with Gasteiger partial charge in [-0.3, -0.25) is 0 Å². The average molecular weight is 279 g/mol. The largest absolute Gasteiger partial charge is 0.472 e. The maximum absolute atomic E-state index is 13.2. The monoisotopic (exact) mass is 279 g/mol. The van der Waals surface area contributed by atoms with E-state index in [1.165, 1.54) is 0 Å². The van der Waals surface area contributed by atoms with Crippen molar-refractivity contribution in [3.8, 4) is 0 Å². The van der Waals surface area contributed by atoms with E-state index in [1.54, 1.807) is 6.92 Å². The van der Waals surface area contributed by atoms with Gasteiger partial charge in [0.2, 0.25) is 6.33 Å². The fraction of sp³-hybridized carbons (Fsp3) is 0.667. The minimum absolute atomic E-state index is 0.237. The Labute approximate surface area is 97.6 Å². The van der Waals surface area contributed by atoms with Crippen molar-refractivity contribution in [2.45, 2.75) is 38.0 Å². The minimum atomic E-state index is -6.32. The fourth-order valence-corrected chi connectivity index (χ4v) is 1.28. The summed E-state index contributed by atoms with van der Waals surface area (Å²) in [4.78, 5) is 0. The second-order valence-electron chi connectivity index (χ2n) is 3.67. The average Bonchev–Trinajstić information content (AvgIpc) is 2.65. The summed E-state index contributed by atoms with van der Waals surface area (Å²) in [7, 11) is 0. The zero-order valence-corrected chi connectivity index (χ0v) is 9.19. The van der Waals surface area contributed by atoms with Gasteiger partial charge in [-0.2, -0.15) is 35.3 Å². The molecule has 0 amide bonds. The molecule has 0 unspecified atom stereocenters. The van der Waals surface area contributed by atoms with Crippen molar-refractivity contribution in [1.82, 2.24) is 4.57 Å². The van der Waals surface area contributed by atoms with Crippen LogP contribution in [0.25, 0.3) is 0 Å². The number of rotatable bonds is 4. The molecule has 18 heavy (non-hydrogen) atoms. The van der Waals surface area contributed by atoms with E-state index in [4.69, 9.17) is 0 Å². The number of imidazole rings is 1. The molecule has 0 spiro atoms. The highest BCUT2D eigenvalue weighted by Gasteiger charge is 2.77. The zero-order valence-electron chi connectivity index (χ0n) is 9.19.